The van der Waals surface area contributed by atoms with E-state index in [1.54, 1.807) is 6.26 Å². The van der Waals surface area contributed by atoms with Crippen molar-refractivity contribution in [3.63, 3.8) is 0 Å². The summed E-state index contributed by atoms with van der Waals surface area (Å²) in [4.78, 5) is 9.82. The van der Waals surface area contributed by atoms with Crippen LogP contribution in [0.15, 0.2) is 81.1 Å². The van der Waals surface area contributed by atoms with Crippen molar-refractivity contribution in [2.24, 2.45) is 4.99 Å². The van der Waals surface area contributed by atoms with Gasteiger partial charge in [-0.15, -0.1) is 0 Å². The summed E-state index contributed by atoms with van der Waals surface area (Å²) in [5.74, 6) is 0.757. The molecule has 0 N–H and O–H groups in total. The van der Waals surface area contributed by atoms with Crippen LogP contribution < -0.4 is 0 Å². The normalized spacial score (nSPS) is 15.5. The summed E-state index contributed by atoms with van der Waals surface area (Å²) in [6.07, 6.45) is 3.54. The summed E-state index contributed by atoms with van der Waals surface area (Å²) in [5, 5.41) is 0. The summed E-state index contributed by atoms with van der Waals surface area (Å²) in [7, 11) is 0. The van der Waals surface area contributed by atoms with E-state index in [2.05, 4.69) is 97.5 Å². The molecule has 0 spiro atoms. The van der Waals surface area contributed by atoms with E-state index in [1.165, 1.54) is 3.57 Å². The minimum atomic E-state index is -0.0835. The highest BCUT2D eigenvalue weighted by molar-refractivity contribution is 14.1. The number of benzene rings is 2. The number of fused-ring (bicyclic) bond motifs is 3. The van der Waals surface area contributed by atoms with Crippen molar-refractivity contribution >= 4 is 44.2 Å². The molecular weight excluding hydrogens is 529 g/mol. The summed E-state index contributed by atoms with van der Waals surface area (Å²) in [5.41, 5.74) is 6.12. The monoisotopic (exact) mass is 543 g/mol. The highest BCUT2D eigenvalue weighted by atomic mass is 127. The van der Waals surface area contributed by atoms with Crippen molar-refractivity contribution < 1.29 is 4.42 Å². The Morgan fingerprint density at radius 3 is 2.71 bits per heavy atom. The molecule has 1 aliphatic heterocycles. The topological polar surface area (TPSA) is 43.3 Å². The first-order chi connectivity index (χ1) is 13.6. The van der Waals surface area contributed by atoms with Crippen LogP contribution in [0, 0.1) is 3.57 Å². The zero-order valence-corrected chi connectivity index (χ0v) is 18.7. The van der Waals surface area contributed by atoms with Gasteiger partial charge in [0.15, 0.2) is 5.76 Å². The van der Waals surface area contributed by atoms with Crippen LogP contribution in [0.25, 0.3) is 17.1 Å². The Balaban J connectivity index is 1.82. The van der Waals surface area contributed by atoms with Gasteiger partial charge >= 0.3 is 0 Å². The fourth-order valence-corrected chi connectivity index (χ4v) is 4.66. The van der Waals surface area contributed by atoms with Gasteiger partial charge in [-0.25, -0.2) is 4.98 Å². The molecule has 3 heterocycles. The number of rotatable bonds is 2. The van der Waals surface area contributed by atoms with Crippen molar-refractivity contribution in [2.75, 3.05) is 0 Å². The van der Waals surface area contributed by atoms with E-state index in [0.717, 1.165) is 44.1 Å². The number of halogens is 2. The minimum Gasteiger partial charge on any atom is -0.463 e. The van der Waals surface area contributed by atoms with Gasteiger partial charge in [-0.05, 0) is 65.9 Å². The Hall–Kier alpha value is -2.19. The molecular formula is C22H15BrIN3O. The third kappa shape index (κ3) is 2.86. The van der Waals surface area contributed by atoms with Crippen LogP contribution >= 0.6 is 38.5 Å². The fraction of sp³-hybridized carbons (Fsp3) is 0.0909. The highest BCUT2D eigenvalue weighted by Gasteiger charge is 2.28. The van der Waals surface area contributed by atoms with Crippen LogP contribution in [0.2, 0.25) is 0 Å². The first kappa shape index (κ1) is 17.9. The summed E-state index contributed by atoms with van der Waals surface area (Å²) < 4.78 is 9.97. The zero-order valence-electron chi connectivity index (χ0n) is 14.9. The molecule has 6 heteroatoms. The molecule has 0 saturated heterocycles. The Labute approximate surface area is 184 Å². The molecule has 0 radical (unpaired) electrons. The van der Waals surface area contributed by atoms with Crippen molar-refractivity contribution in [3.05, 3.63) is 92.1 Å². The quantitative estimate of drug-likeness (QED) is 0.274. The number of hydrogen-bond acceptors (Lipinski definition) is 3. The zero-order chi connectivity index (χ0) is 19.3. The van der Waals surface area contributed by atoms with Gasteiger partial charge in [0, 0.05) is 19.2 Å². The third-order valence-electron chi connectivity index (χ3n) is 4.88. The molecule has 0 unspecified atom stereocenters. The average Bonchev–Trinajstić information content (AvgIpc) is 3.34. The third-order valence-corrected chi connectivity index (χ3v) is 6.31. The average molecular weight is 544 g/mol. The molecule has 0 saturated carbocycles. The van der Waals surface area contributed by atoms with Crippen molar-refractivity contribution in [2.45, 2.75) is 13.0 Å². The number of furan rings is 1. The molecule has 138 valence electrons. The first-order valence-electron chi connectivity index (χ1n) is 8.87. The Morgan fingerprint density at radius 1 is 1.07 bits per heavy atom. The molecule has 0 aliphatic carbocycles. The molecule has 4 aromatic rings. The van der Waals surface area contributed by atoms with E-state index in [9.17, 15) is 0 Å². The van der Waals surface area contributed by atoms with Crippen molar-refractivity contribution in [3.8, 4) is 17.1 Å². The van der Waals surface area contributed by atoms with Crippen LogP contribution in [0.1, 0.15) is 29.8 Å². The summed E-state index contributed by atoms with van der Waals surface area (Å²) in [6, 6.07) is 18.4. The number of aliphatic imine (C=N–C) groups is 1. The van der Waals surface area contributed by atoms with Crippen LogP contribution in [-0.4, -0.2) is 15.3 Å². The molecule has 0 amide bonds. The molecule has 4 nitrogen and oxygen atoms in total. The van der Waals surface area contributed by atoms with Crippen molar-refractivity contribution in [1.29, 1.82) is 0 Å². The smallest absolute Gasteiger partial charge is 0.154 e. The molecule has 5 rings (SSSR count). The molecule has 1 atom stereocenters. The maximum atomic E-state index is 5.64. The first-order valence-corrected chi connectivity index (χ1v) is 10.7. The molecule has 28 heavy (non-hydrogen) atoms. The highest BCUT2D eigenvalue weighted by Crippen LogP contribution is 2.37. The van der Waals surface area contributed by atoms with Gasteiger partial charge in [-0.1, -0.05) is 34.1 Å². The minimum absolute atomic E-state index is 0.0835. The SMILES string of the molecule is C[C@H]1N=C(c2ccccc2I)c2cc(Br)ccc2-n2cnc(-c3ccco3)c21. The fourth-order valence-electron chi connectivity index (χ4n) is 3.65. The standard InChI is InChI=1S/C22H15BrIN3O/c1-13-22-21(19-7-4-10-28-19)25-12-27(22)18-9-8-14(23)11-16(18)20(26-13)15-5-2-3-6-17(15)24/h2-13H,1H3/t13-/m1/s1. The summed E-state index contributed by atoms with van der Waals surface area (Å²) >= 11 is 6.01. The maximum Gasteiger partial charge on any atom is 0.154 e. The Kier molecular flexibility index (Phi) is 4.47. The second kappa shape index (κ2) is 7.00. The molecule has 2 aromatic carbocycles. The lowest BCUT2D eigenvalue weighted by molar-refractivity contribution is 0.578. The van der Waals surface area contributed by atoms with E-state index in [4.69, 9.17) is 9.41 Å². The number of hydrogen-bond donors (Lipinski definition) is 0. The lowest BCUT2D eigenvalue weighted by Crippen LogP contribution is -2.08. The lowest BCUT2D eigenvalue weighted by Gasteiger charge is -2.13. The van der Waals surface area contributed by atoms with Gasteiger partial charge in [0.05, 0.1) is 29.4 Å². The molecule has 0 fully saturated rings. The van der Waals surface area contributed by atoms with Gasteiger partial charge in [0.25, 0.3) is 0 Å². The second-order valence-electron chi connectivity index (χ2n) is 6.62. The number of imidazole rings is 1. The van der Waals surface area contributed by atoms with Crippen LogP contribution in [0.3, 0.4) is 0 Å². The van der Waals surface area contributed by atoms with E-state index >= 15 is 0 Å². The molecule has 0 bridgehead atoms. The van der Waals surface area contributed by atoms with Crippen LogP contribution in [-0.2, 0) is 0 Å². The van der Waals surface area contributed by atoms with E-state index in [0.29, 0.717) is 0 Å². The van der Waals surface area contributed by atoms with Gasteiger partial charge in [-0.3, -0.25) is 9.56 Å². The van der Waals surface area contributed by atoms with Gasteiger partial charge in [-0.2, -0.15) is 0 Å². The Morgan fingerprint density at radius 2 is 1.93 bits per heavy atom. The van der Waals surface area contributed by atoms with E-state index < -0.39 is 0 Å². The lowest BCUT2D eigenvalue weighted by atomic mass is 10.0. The van der Waals surface area contributed by atoms with Gasteiger partial charge < -0.3 is 4.42 Å². The number of nitrogens with zero attached hydrogens (tertiary/aromatic N) is 3. The number of aromatic nitrogens is 2. The second-order valence-corrected chi connectivity index (χ2v) is 8.70. The largest absolute Gasteiger partial charge is 0.463 e. The maximum absolute atomic E-state index is 5.64. The Bertz CT molecular complexity index is 1210. The van der Waals surface area contributed by atoms with E-state index in [-0.39, 0.29) is 6.04 Å². The summed E-state index contributed by atoms with van der Waals surface area (Å²) in [6.45, 7) is 2.11. The van der Waals surface area contributed by atoms with Crippen molar-refractivity contribution in [1.82, 2.24) is 9.55 Å². The predicted molar refractivity (Wildman–Crippen MR) is 122 cm³/mol. The molecule has 1 aliphatic rings. The van der Waals surface area contributed by atoms with Gasteiger partial charge in [0.2, 0.25) is 0 Å². The molecule has 2 aromatic heterocycles. The van der Waals surface area contributed by atoms with Crippen LogP contribution in [0.4, 0.5) is 0 Å². The van der Waals surface area contributed by atoms with E-state index in [1.807, 2.05) is 18.5 Å². The van der Waals surface area contributed by atoms with Crippen LogP contribution in [0.5, 0.6) is 0 Å². The van der Waals surface area contributed by atoms with Gasteiger partial charge in [0.1, 0.15) is 12.0 Å². The predicted octanol–water partition coefficient (Wildman–Crippen LogP) is 6.41.